The second kappa shape index (κ2) is 7.90. The average molecular weight is 425 g/mol. The Morgan fingerprint density at radius 3 is 2.28 bits per heavy atom. The Morgan fingerprint density at radius 2 is 1.59 bits per heavy atom. The van der Waals surface area contributed by atoms with Crippen molar-refractivity contribution in [3.8, 4) is 0 Å². The van der Waals surface area contributed by atoms with Gasteiger partial charge in [0.1, 0.15) is 6.04 Å². The molecule has 0 spiro atoms. The van der Waals surface area contributed by atoms with E-state index in [0.717, 1.165) is 5.56 Å². The van der Waals surface area contributed by atoms with Crippen LogP contribution in [0.5, 0.6) is 0 Å². The lowest BCUT2D eigenvalue weighted by atomic mass is 10.0. The minimum atomic E-state index is -0.646. The molecule has 4 rings (SSSR count). The van der Waals surface area contributed by atoms with Crippen molar-refractivity contribution in [2.75, 3.05) is 9.80 Å². The Balaban J connectivity index is 1.74. The van der Waals surface area contributed by atoms with Crippen LogP contribution in [0.2, 0.25) is 10.0 Å². The van der Waals surface area contributed by atoms with E-state index in [4.69, 9.17) is 23.2 Å². The molecule has 6 heteroatoms. The van der Waals surface area contributed by atoms with Crippen LogP contribution >= 0.6 is 23.2 Å². The summed E-state index contributed by atoms with van der Waals surface area (Å²) in [6.45, 7) is 2.13. The van der Waals surface area contributed by atoms with Crippen molar-refractivity contribution in [2.45, 2.75) is 19.5 Å². The number of benzene rings is 3. The summed E-state index contributed by atoms with van der Waals surface area (Å²) in [5.41, 5.74) is 2.79. The van der Waals surface area contributed by atoms with E-state index in [1.165, 1.54) is 0 Å². The molecule has 1 aliphatic rings. The fraction of sp³-hybridized carbons (Fsp3) is 0.130. The Kier molecular flexibility index (Phi) is 5.31. The minimum Gasteiger partial charge on any atom is -0.304 e. The normalized spacial score (nSPS) is 16.0. The first-order valence-electron chi connectivity index (χ1n) is 9.19. The average Bonchev–Trinajstić information content (AvgIpc) is 2.72. The summed E-state index contributed by atoms with van der Waals surface area (Å²) in [5.74, 6) is -0.386. The van der Waals surface area contributed by atoms with E-state index in [1.807, 2.05) is 42.5 Å². The predicted molar refractivity (Wildman–Crippen MR) is 117 cm³/mol. The number of nitrogens with zero attached hydrogens (tertiary/aromatic N) is 2. The van der Waals surface area contributed by atoms with Crippen LogP contribution in [0, 0.1) is 0 Å². The summed E-state index contributed by atoms with van der Waals surface area (Å²) in [7, 11) is 0. The van der Waals surface area contributed by atoms with E-state index in [0.29, 0.717) is 33.5 Å². The third-order valence-corrected chi connectivity index (χ3v) is 5.47. The van der Waals surface area contributed by atoms with Gasteiger partial charge >= 0.3 is 0 Å². The number of carbonyl (C=O) groups excluding carboxylic acids is 2. The van der Waals surface area contributed by atoms with Crippen LogP contribution in [0.4, 0.5) is 11.4 Å². The fourth-order valence-electron chi connectivity index (χ4n) is 3.56. The molecule has 0 aromatic heterocycles. The third kappa shape index (κ3) is 3.74. The second-order valence-corrected chi connectivity index (χ2v) is 7.77. The van der Waals surface area contributed by atoms with Crippen LogP contribution in [0.15, 0.2) is 72.8 Å². The van der Waals surface area contributed by atoms with Crippen LogP contribution in [0.1, 0.15) is 22.8 Å². The highest BCUT2D eigenvalue weighted by molar-refractivity contribution is 6.31. The van der Waals surface area contributed by atoms with Crippen molar-refractivity contribution in [3.05, 3.63) is 94.0 Å². The van der Waals surface area contributed by atoms with Gasteiger partial charge in [-0.25, -0.2) is 0 Å². The van der Waals surface area contributed by atoms with Gasteiger partial charge in [0.05, 0.1) is 17.9 Å². The van der Waals surface area contributed by atoms with Crippen molar-refractivity contribution in [3.63, 3.8) is 0 Å². The van der Waals surface area contributed by atoms with Crippen molar-refractivity contribution in [2.24, 2.45) is 0 Å². The third-order valence-electron chi connectivity index (χ3n) is 4.98. The summed E-state index contributed by atoms with van der Waals surface area (Å²) in [4.78, 5) is 29.7. The number of para-hydroxylation sites is 2. The number of hydrogen-bond donors (Lipinski definition) is 0. The number of fused-ring (bicyclic) bond motifs is 1. The molecule has 0 radical (unpaired) electrons. The van der Waals surface area contributed by atoms with Crippen molar-refractivity contribution < 1.29 is 9.59 Å². The van der Waals surface area contributed by atoms with Crippen molar-refractivity contribution in [1.29, 1.82) is 0 Å². The zero-order valence-corrected chi connectivity index (χ0v) is 17.2. The van der Waals surface area contributed by atoms with Crippen LogP contribution in [0.3, 0.4) is 0 Å². The molecule has 3 aromatic carbocycles. The largest absolute Gasteiger partial charge is 0.304 e. The maximum Gasteiger partial charge on any atom is 0.259 e. The van der Waals surface area contributed by atoms with Gasteiger partial charge in [0.15, 0.2) is 0 Å². The van der Waals surface area contributed by atoms with E-state index in [2.05, 4.69) is 0 Å². The van der Waals surface area contributed by atoms with Gasteiger partial charge in [0, 0.05) is 15.6 Å². The van der Waals surface area contributed by atoms with Gasteiger partial charge in [0.2, 0.25) is 5.91 Å². The molecule has 29 heavy (non-hydrogen) atoms. The molecule has 2 amide bonds. The van der Waals surface area contributed by atoms with Gasteiger partial charge in [0.25, 0.3) is 5.91 Å². The van der Waals surface area contributed by atoms with Crippen LogP contribution in [0.25, 0.3) is 0 Å². The van der Waals surface area contributed by atoms with E-state index in [1.54, 1.807) is 47.1 Å². The fourth-order valence-corrected chi connectivity index (χ4v) is 3.90. The van der Waals surface area contributed by atoms with Crippen LogP contribution in [-0.2, 0) is 11.3 Å². The molecule has 3 aromatic rings. The number of amides is 2. The molecule has 1 aliphatic heterocycles. The molecule has 0 unspecified atom stereocenters. The molecular weight excluding hydrogens is 407 g/mol. The topological polar surface area (TPSA) is 40.6 Å². The first kappa shape index (κ1) is 19.5. The minimum absolute atomic E-state index is 0.147. The van der Waals surface area contributed by atoms with Gasteiger partial charge in [-0.1, -0.05) is 47.5 Å². The predicted octanol–water partition coefficient (Wildman–Crippen LogP) is 5.58. The zero-order valence-electron chi connectivity index (χ0n) is 15.7. The molecule has 0 fully saturated rings. The highest BCUT2D eigenvalue weighted by atomic mass is 35.5. The van der Waals surface area contributed by atoms with Gasteiger partial charge in [-0.2, -0.15) is 0 Å². The van der Waals surface area contributed by atoms with Crippen LogP contribution < -0.4 is 9.80 Å². The quantitative estimate of drug-likeness (QED) is 0.550. The summed E-state index contributed by atoms with van der Waals surface area (Å²) in [6.07, 6.45) is 0. The molecular formula is C23H18Cl2N2O2. The molecule has 1 heterocycles. The molecule has 0 saturated heterocycles. The van der Waals surface area contributed by atoms with Gasteiger partial charge in [-0.3, -0.25) is 14.5 Å². The molecule has 0 saturated carbocycles. The Bertz CT molecular complexity index is 1080. The molecule has 0 aliphatic carbocycles. The van der Waals surface area contributed by atoms with E-state index < -0.39 is 6.04 Å². The first-order chi connectivity index (χ1) is 14.0. The maximum atomic E-state index is 13.3. The Morgan fingerprint density at radius 1 is 0.897 bits per heavy atom. The molecule has 0 N–H and O–H groups in total. The van der Waals surface area contributed by atoms with Gasteiger partial charge in [-0.05, 0) is 61.0 Å². The number of hydrogen-bond acceptors (Lipinski definition) is 2. The van der Waals surface area contributed by atoms with Crippen LogP contribution in [-0.4, -0.2) is 17.9 Å². The lowest BCUT2D eigenvalue weighted by Crippen LogP contribution is -2.54. The smallest absolute Gasteiger partial charge is 0.259 e. The SMILES string of the molecule is C[C@H]1C(=O)N(Cc2cccc(Cl)c2)c2ccccc2N1C(=O)c1ccc(Cl)cc1. The van der Waals surface area contributed by atoms with Gasteiger partial charge < -0.3 is 4.90 Å². The maximum absolute atomic E-state index is 13.3. The van der Waals surface area contributed by atoms with Gasteiger partial charge in [-0.15, -0.1) is 0 Å². The summed E-state index contributed by atoms with van der Waals surface area (Å²) < 4.78 is 0. The van der Waals surface area contributed by atoms with Crippen molar-refractivity contribution in [1.82, 2.24) is 0 Å². The summed E-state index contributed by atoms with van der Waals surface area (Å²) in [6, 6.07) is 20.9. The summed E-state index contributed by atoms with van der Waals surface area (Å²) >= 11 is 12.1. The van der Waals surface area contributed by atoms with E-state index in [9.17, 15) is 9.59 Å². The highest BCUT2D eigenvalue weighted by Gasteiger charge is 2.38. The van der Waals surface area contributed by atoms with E-state index >= 15 is 0 Å². The zero-order chi connectivity index (χ0) is 20.5. The molecule has 4 nitrogen and oxygen atoms in total. The molecule has 1 atom stereocenters. The number of carbonyl (C=O) groups is 2. The number of anilines is 2. The highest BCUT2D eigenvalue weighted by Crippen LogP contribution is 2.38. The monoisotopic (exact) mass is 424 g/mol. The van der Waals surface area contributed by atoms with E-state index in [-0.39, 0.29) is 11.8 Å². The van der Waals surface area contributed by atoms with Crippen molar-refractivity contribution >= 4 is 46.4 Å². The Labute approximate surface area is 179 Å². The number of rotatable bonds is 3. The first-order valence-corrected chi connectivity index (χ1v) is 9.95. The lowest BCUT2D eigenvalue weighted by molar-refractivity contribution is -0.119. The summed E-state index contributed by atoms with van der Waals surface area (Å²) in [5, 5.41) is 1.17. The standard InChI is InChI=1S/C23H18Cl2N2O2/c1-15-22(28)26(14-16-5-4-6-19(25)13-16)20-7-2-3-8-21(20)27(15)23(29)17-9-11-18(24)12-10-17/h2-13,15H,14H2,1H3/t15-/m0/s1. The lowest BCUT2D eigenvalue weighted by Gasteiger charge is -2.40. The second-order valence-electron chi connectivity index (χ2n) is 6.90. The molecule has 146 valence electrons. The Hall–Kier alpha value is -2.82. The number of halogens is 2. The molecule has 0 bridgehead atoms.